The van der Waals surface area contributed by atoms with E-state index < -0.39 is 11.9 Å². The van der Waals surface area contributed by atoms with Crippen LogP contribution in [0.1, 0.15) is 20.7 Å². The summed E-state index contributed by atoms with van der Waals surface area (Å²) >= 11 is 0. The maximum Gasteiger partial charge on any atom is 0.338 e. The van der Waals surface area contributed by atoms with Crippen LogP contribution in [0.2, 0.25) is 0 Å². The summed E-state index contributed by atoms with van der Waals surface area (Å²) in [6, 6.07) is 9.78. The number of carbonyl (C=O) groups is 2. The molecule has 0 aliphatic carbocycles. The fraction of sp³-hybridized carbons (Fsp3) is 0.222. The van der Waals surface area contributed by atoms with E-state index in [-0.39, 0.29) is 0 Å². The average molecular weight is 330 g/mol. The zero-order chi connectivity index (χ0) is 17.7. The van der Waals surface area contributed by atoms with E-state index in [2.05, 4.69) is 0 Å². The topological polar surface area (TPSA) is 71.1 Å². The normalized spacial score (nSPS) is 10.0. The van der Waals surface area contributed by atoms with Crippen molar-refractivity contribution < 1.29 is 28.5 Å². The molecule has 0 atom stereocenters. The summed E-state index contributed by atoms with van der Waals surface area (Å²) in [5.74, 6) is 0.0730. The second-order valence-corrected chi connectivity index (χ2v) is 4.81. The molecule has 0 spiro atoms. The molecule has 126 valence electrons. The van der Waals surface area contributed by atoms with Crippen molar-refractivity contribution in [2.75, 3.05) is 28.4 Å². The minimum atomic E-state index is -0.502. The first-order valence-corrected chi connectivity index (χ1v) is 7.08. The molecule has 2 aromatic rings. The molecule has 0 saturated carbocycles. The summed E-state index contributed by atoms with van der Waals surface area (Å²) in [5.41, 5.74) is 1.76. The highest BCUT2D eigenvalue weighted by Crippen LogP contribution is 2.36. The maximum absolute atomic E-state index is 12.1. The fourth-order valence-corrected chi connectivity index (χ4v) is 2.32. The first-order chi connectivity index (χ1) is 11.5. The molecule has 0 aromatic heterocycles. The first-order valence-electron chi connectivity index (χ1n) is 7.08. The third-order valence-electron chi connectivity index (χ3n) is 3.54. The van der Waals surface area contributed by atoms with E-state index in [1.807, 2.05) is 0 Å². The lowest BCUT2D eigenvalue weighted by Gasteiger charge is -2.14. The Kier molecular flexibility index (Phi) is 5.42. The van der Waals surface area contributed by atoms with Crippen molar-refractivity contribution in [1.82, 2.24) is 0 Å². The fourth-order valence-electron chi connectivity index (χ4n) is 2.32. The quantitative estimate of drug-likeness (QED) is 0.785. The molecule has 2 aromatic carbocycles. The highest BCUT2D eigenvalue weighted by molar-refractivity contribution is 6.00. The number of methoxy groups -OCH3 is 4. The Morgan fingerprint density at radius 1 is 0.750 bits per heavy atom. The van der Waals surface area contributed by atoms with Crippen molar-refractivity contribution in [3.63, 3.8) is 0 Å². The van der Waals surface area contributed by atoms with Gasteiger partial charge in [-0.25, -0.2) is 9.59 Å². The third kappa shape index (κ3) is 3.32. The van der Waals surface area contributed by atoms with Crippen LogP contribution < -0.4 is 9.47 Å². The molecule has 2 rings (SSSR count). The molecule has 0 unspecified atom stereocenters. The predicted octanol–water partition coefficient (Wildman–Crippen LogP) is 2.94. The Balaban J connectivity index is 2.72. The molecule has 0 amide bonds. The zero-order valence-corrected chi connectivity index (χ0v) is 13.9. The number of hydrogen-bond donors (Lipinski definition) is 0. The van der Waals surface area contributed by atoms with Gasteiger partial charge in [-0.2, -0.15) is 0 Å². The summed E-state index contributed by atoms with van der Waals surface area (Å²) in [6.07, 6.45) is 0. The Labute approximate surface area is 139 Å². The number of hydrogen-bond acceptors (Lipinski definition) is 6. The highest BCUT2D eigenvalue weighted by Gasteiger charge is 2.19. The Morgan fingerprint density at radius 3 is 2.04 bits per heavy atom. The van der Waals surface area contributed by atoms with Crippen LogP contribution in [0.15, 0.2) is 36.4 Å². The molecule has 0 saturated heterocycles. The molecule has 0 N–H and O–H groups in total. The molecule has 0 radical (unpaired) electrons. The number of ether oxygens (including phenoxy) is 4. The molecule has 24 heavy (non-hydrogen) atoms. The molecule has 0 aliphatic rings. The number of rotatable bonds is 5. The van der Waals surface area contributed by atoms with Crippen molar-refractivity contribution in [2.45, 2.75) is 0 Å². The summed E-state index contributed by atoms with van der Waals surface area (Å²) in [4.78, 5) is 23.9. The molecule has 0 heterocycles. The molecular formula is C18H18O6. The van der Waals surface area contributed by atoms with Crippen LogP contribution in [0.25, 0.3) is 11.1 Å². The zero-order valence-electron chi connectivity index (χ0n) is 13.9. The molecule has 0 fully saturated rings. The van der Waals surface area contributed by atoms with Gasteiger partial charge in [0.2, 0.25) is 0 Å². The van der Waals surface area contributed by atoms with Crippen molar-refractivity contribution in [3.8, 4) is 22.6 Å². The van der Waals surface area contributed by atoms with Crippen LogP contribution in [0.5, 0.6) is 11.5 Å². The summed E-state index contributed by atoms with van der Waals surface area (Å²) < 4.78 is 20.2. The van der Waals surface area contributed by atoms with Gasteiger partial charge in [0.15, 0.2) is 0 Å². The van der Waals surface area contributed by atoms with Gasteiger partial charge in [-0.15, -0.1) is 0 Å². The van der Waals surface area contributed by atoms with Gasteiger partial charge in [-0.1, -0.05) is 0 Å². The first kappa shape index (κ1) is 17.3. The largest absolute Gasteiger partial charge is 0.497 e. The van der Waals surface area contributed by atoms with E-state index in [1.54, 1.807) is 36.4 Å². The van der Waals surface area contributed by atoms with Crippen LogP contribution >= 0.6 is 0 Å². The maximum atomic E-state index is 12.1. The SMILES string of the molecule is COC(=O)c1ccc(OC)c(-c2cc(OC)ccc2C(=O)OC)c1. The molecule has 6 heteroatoms. The predicted molar refractivity (Wildman–Crippen MR) is 87.7 cm³/mol. The lowest BCUT2D eigenvalue weighted by molar-refractivity contribution is 0.0593. The van der Waals surface area contributed by atoms with Gasteiger partial charge >= 0.3 is 11.9 Å². The Hall–Kier alpha value is -3.02. The summed E-state index contributed by atoms with van der Waals surface area (Å²) in [6.45, 7) is 0. The second-order valence-electron chi connectivity index (χ2n) is 4.81. The van der Waals surface area contributed by atoms with E-state index >= 15 is 0 Å². The van der Waals surface area contributed by atoms with Crippen LogP contribution in [0.4, 0.5) is 0 Å². The Bertz CT molecular complexity index is 766. The number of esters is 2. The molecule has 0 aliphatic heterocycles. The smallest absolute Gasteiger partial charge is 0.338 e. The lowest BCUT2D eigenvalue weighted by Crippen LogP contribution is -2.06. The molecule has 0 bridgehead atoms. The van der Waals surface area contributed by atoms with Crippen LogP contribution in [0.3, 0.4) is 0 Å². The summed E-state index contributed by atoms with van der Waals surface area (Å²) in [7, 11) is 5.64. The standard InChI is InChI=1S/C18H18O6/c1-21-12-6-7-13(18(20)24-4)14(10-12)15-9-11(17(19)23-3)5-8-16(15)22-2/h5-10H,1-4H3. The molecular weight excluding hydrogens is 312 g/mol. The monoisotopic (exact) mass is 330 g/mol. The average Bonchev–Trinajstić information content (AvgIpc) is 2.65. The third-order valence-corrected chi connectivity index (χ3v) is 3.54. The van der Waals surface area contributed by atoms with Crippen LogP contribution in [0, 0.1) is 0 Å². The highest BCUT2D eigenvalue weighted by atomic mass is 16.5. The Morgan fingerprint density at radius 2 is 1.46 bits per heavy atom. The van der Waals surface area contributed by atoms with Gasteiger partial charge in [-0.05, 0) is 36.4 Å². The molecule has 6 nitrogen and oxygen atoms in total. The van der Waals surface area contributed by atoms with E-state index in [0.717, 1.165) is 0 Å². The summed E-state index contributed by atoms with van der Waals surface area (Å²) in [5, 5.41) is 0. The van der Waals surface area contributed by atoms with Crippen molar-refractivity contribution in [3.05, 3.63) is 47.5 Å². The van der Waals surface area contributed by atoms with Crippen molar-refractivity contribution >= 4 is 11.9 Å². The van der Waals surface area contributed by atoms with Crippen molar-refractivity contribution in [1.29, 1.82) is 0 Å². The van der Waals surface area contributed by atoms with Gasteiger partial charge in [0, 0.05) is 11.1 Å². The van der Waals surface area contributed by atoms with E-state index in [9.17, 15) is 9.59 Å². The van der Waals surface area contributed by atoms with Gasteiger partial charge in [0.1, 0.15) is 11.5 Å². The van der Waals surface area contributed by atoms with Crippen molar-refractivity contribution in [2.24, 2.45) is 0 Å². The van der Waals surface area contributed by atoms with E-state index in [1.165, 1.54) is 28.4 Å². The van der Waals surface area contributed by atoms with Crippen LogP contribution in [-0.4, -0.2) is 40.4 Å². The lowest BCUT2D eigenvalue weighted by atomic mass is 9.96. The minimum absolute atomic E-state index is 0.332. The van der Waals surface area contributed by atoms with Gasteiger partial charge in [-0.3, -0.25) is 0 Å². The van der Waals surface area contributed by atoms with E-state index in [0.29, 0.717) is 33.8 Å². The van der Waals surface area contributed by atoms with Gasteiger partial charge < -0.3 is 18.9 Å². The van der Waals surface area contributed by atoms with Gasteiger partial charge in [0.25, 0.3) is 0 Å². The second kappa shape index (κ2) is 7.50. The number of benzene rings is 2. The van der Waals surface area contributed by atoms with E-state index in [4.69, 9.17) is 18.9 Å². The minimum Gasteiger partial charge on any atom is -0.497 e. The number of carbonyl (C=O) groups excluding carboxylic acids is 2. The van der Waals surface area contributed by atoms with Gasteiger partial charge in [0.05, 0.1) is 39.6 Å². The van der Waals surface area contributed by atoms with Crippen LogP contribution in [-0.2, 0) is 9.47 Å².